The minimum atomic E-state index is -0.757. The zero-order chi connectivity index (χ0) is 19.9. The Bertz CT molecular complexity index is 909. The number of carbonyl (C=O) groups is 1. The van der Waals surface area contributed by atoms with Crippen molar-refractivity contribution >= 4 is 11.7 Å². The van der Waals surface area contributed by atoms with Crippen molar-refractivity contribution in [2.45, 2.75) is 25.3 Å². The average Bonchev–Trinajstić information content (AvgIpc) is 2.69. The number of hydrogen-bond acceptors (Lipinski definition) is 3. The summed E-state index contributed by atoms with van der Waals surface area (Å²) in [6, 6.07) is 15.5. The van der Waals surface area contributed by atoms with Gasteiger partial charge in [0.1, 0.15) is 0 Å². The van der Waals surface area contributed by atoms with Gasteiger partial charge in [0.05, 0.1) is 0 Å². The van der Waals surface area contributed by atoms with E-state index in [1.807, 2.05) is 24.3 Å². The number of rotatable bonds is 6. The van der Waals surface area contributed by atoms with Gasteiger partial charge in [0, 0.05) is 42.2 Å². The van der Waals surface area contributed by atoms with Crippen LogP contribution < -0.4 is 0 Å². The molecule has 1 saturated heterocycles. The number of carboxylic acids is 1. The van der Waals surface area contributed by atoms with Gasteiger partial charge in [-0.3, -0.25) is 9.69 Å². The van der Waals surface area contributed by atoms with Crippen LogP contribution in [0.1, 0.15) is 35.4 Å². The predicted octanol–water partition coefficient (Wildman–Crippen LogP) is 4.69. The summed E-state index contributed by atoms with van der Waals surface area (Å²) in [5, 5.41) is 12.9. The number of piperidine rings is 1. The number of nitrogens with zero attached hydrogens (tertiary/aromatic N) is 4. The molecule has 6 nitrogen and oxygen atoms in total. The third-order valence-corrected chi connectivity index (χ3v) is 5.13. The summed E-state index contributed by atoms with van der Waals surface area (Å²) >= 11 is 0. The van der Waals surface area contributed by atoms with Crippen LogP contribution in [0.25, 0.3) is 10.4 Å². The average molecular weight is 374 g/mol. The van der Waals surface area contributed by atoms with Crippen LogP contribution in [-0.2, 0) is 11.3 Å². The highest BCUT2D eigenvalue weighted by Gasteiger charge is 2.29. The normalized spacial score (nSPS) is 19.4. The zero-order valence-corrected chi connectivity index (χ0v) is 15.5. The molecule has 1 N–H and O–H groups in total. The van der Waals surface area contributed by atoms with E-state index >= 15 is 0 Å². The van der Waals surface area contributed by atoms with Gasteiger partial charge in [0.2, 0.25) is 0 Å². The minimum absolute atomic E-state index is 0.103. The zero-order valence-electron chi connectivity index (χ0n) is 15.5. The molecular formula is C22H22N4O2. The number of azide groups is 1. The van der Waals surface area contributed by atoms with E-state index in [4.69, 9.17) is 12.0 Å². The van der Waals surface area contributed by atoms with Crippen molar-refractivity contribution in [3.8, 4) is 12.3 Å². The van der Waals surface area contributed by atoms with E-state index in [2.05, 4.69) is 33.0 Å². The first-order valence-corrected chi connectivity index (χ1v) is 9.22. The topological polar surface area (TPSA) is 89.3 Å². The Kier molecular flexibility index (Phi) is 6.33. The van der Waals surface area contributed by atoms with Gasteiger partial charge in [0.15, 0.2) is 0 Å². The number of likely N-dealkylation sites (tertiary alicyclic amines) is 1. The summed E-state index contributed by atoms with van der Waals surface area (Å²) < 4.78 is 0. The lowest BCUT2D eigenvalue weighted by Gasteiger charge is -2.37. The summed E-state index contributed by atoms with van der Waals surface area (Å²) in [6.07, 6.45) is 6.47. The summed E-state index contributed by atoms with van der Waals surface area (Å²) in [7, 11) is 0. The van der Waals surface area contributed by atoms with E-state index < -0.39 is 5.97 Å². The highest BCUT2D eigenvalue weighted by Crippen LogP contribution is 2.33. The molecule has 0 aromatic heterocycles. The Morgan fingerprint density at radius 1 is 1.21 bits per heavy atom. The number of aliphatic carboxylic acids is 1. The lowest BCUT2D eigenvalue weighted by Crippen LogP contribution is -2.39. The van der Waals surface area contributed by atoms with E-state index in [0.29, 0.717) is 5.69 Å². The molecule has 6 heteroatoms. The van der Waals surface area contributed by atoms with Gasteiger partial charge in [-0.05, 0) is 47.0 Å². The van der Waals surface area contributed by atoms with Gasteiger partial charge in [0.25, 0.3) is 0 Å². The second-order valence-corrected chi connectivity index (χ2v) is 7.21. The van der Waals surface area contributed by atoms with Gasteiger partial charge in [-0.1, -0.05) is 47.4 Å². The third-order valence-electron chi connectivity index (χ3n) is 5.13. The predicted molar refractivity (Wildman–Crippen MR) is 108 cm³/mol. The van der Waals surface area contributed by atoms with Crippen molar-refractivity contribution in [2.75, 3.05) is 13.1 Å². The summed E-state index contributed by atoms with van der Waals surface area (Å²) in [6.45, 7) is 2.35. The molecule has 28 heavy (non-hydrogen) atoms. The summed E-state index contributed by atoms with van der Waals surface area (Å²) in [5.41, 5.74) is 12.2. The molecule has 0 radical (unpaired) electrons. The fourth-order valence-corrected chi connectivity index (χ4v) is 3.90. The SMILES string of the molecule is C#Cc1ccc(C2CC(CC(=O)O)CN(Cc3ccc(N=[N+]=[N-])cc3)C2)cc1. The molecule has 0 spiro atoms. The first-order chi connectivity index (χ1) is 13.6. The largest absolute Gasteiger partial charge is 0.481 e. The summed E-state index contributed by atoms with van der Waals surface area (Å²) in [4.78, 5) is 16.4. The van der Waals surface area contributed by atoms with Crippen LogP contribution in [-0.4, -0.2) is 29.1 Å². The van der Waals surface area contributed by atoms with E-state index in [9.17, 15) is 9.90 Å². The van der Waals surface area contributed by atoms with Crippen LogP contribution in [0.2, 0.25) is 0 Å². The Morgan fingerprint density at radius 2 is 1.93 bits per heavy atom. The first kappa shape index (κ1) is 19.5. The third kappa shape index (κ3) is 5.14. The molecule has 2 unspecified atom stereocenters. The number of carboxylic acid groups (broad SMARTS) is 1. The summed E-state index contributed by atoms with van der Waals surface area (Å²) in [5.74, 6) is 2.24. The number of hydrogen-bond donors (Lipinski definition) is 1. The molecule has 2 aromatic rings. The van der Waals surface area contributed by atoms with Crippen LogP contribution in [0.15, 0.2) is 53.6 Å². The van der Waals surface area contributed by atoms with E-state index in [-0.39, 0.29) is 18.3 Å². The van der Waals surface area contributed by atoms with Gasteiger partial charge < -0.3 is 5.11 Å². The highest BCUT2D eigenvalue weighted by molar-refractivity contribution is 5.67. The number of benzene rings is 2. The van der Waals surface area contributed by atoms with Crippen LogP contribution in [0.4, 0.5) is 5.69 Å². The quantitative estimate of drug-likeness (QED) is 0.344. The van der Waals surface area contributed by atoms with Crippen LogP contribution in [0.3, 0.4) is 0 Å². The van der Waals surface area contributed by atoms with Crippen molar-refractivity contribution in [3.63, 3.8) is 0 Å². The molecule has 2 aromatic carbocycles. The van der Waals surface area contributed by atoms with Crippen LogP contribution >= 0.6 is 0 Å². The van der Waals surface area contributed by atoms with Crippen LogP contribution in [0, 0.1) is 18.3 Å². The van der Waals surface area contributed by atoms with Crippen molar-refractivity contribution < 1.29 is 9.90 Å². The van der Waals surface area contributed by atoms with Gasteiger partial charge in [-0.2, -0.15) is 0 Å². The molecule has 1 heterocycles. The Morgan fingerprint density at radius 3 is 2.54 bits per heavy atom. The fraction of sp³-hybridized carbons (Fsp3) is 0.318. The lowest BCUT2D eigenvalue weighted by atomic mass is 9.82. The Hall–Kier alpha value is -3.26. The molecule has 2 atom stereocenters. The van der Waals surface area contributed by atoms with E-state index in [1.165, 1.54) is 5.56 Å². The van der Waals surface area contributed by atoms with Gasteiger partial charge >= 0.3 is 5.97 Å². The Labute approximate surface area is 164 Å². The fourth-order valence-electron chi connectivity index (χ4n) is 3.90. The van der Waals surface area contributed by atoms with Gasteiger partial charge in [-0.25, -0.2) is 0 Å². The van der Waals surface area contributed by atoms with Gasteiger partial charge in [-0.15, -0.1) is 6.42 Å². The van der Waals surface area contributed by atoms with Crippen LogP contribution in [0.5, 0.6) is 0 Å². The molecule has 1 fully saturated rings. The first-order valence-electron chi connectivity index (χ1n) is 9.22. The monoisotopic (exact) mass is 374 g/mol. The molecular weight excluding hydrogens is 352 g/mol. The van der Waals surface area contributed by atoms with Crippen molar-refractivity contribution in [1.29, 1.82) is 0 Å². The van der Waals surface area contributed by atoms with Crippen molar-refractivity contribution in [2.24, 2.45) is 11.0 Å². The molecule has 0 aliphatic carbocycles. The Balaban J connectivity index is 1.75. The maximum Gasteiger partial charge on any atom is 0.303 e. The molecule has 0 bridgehead atoms. The molecule has 3 rings (SSSR count). The molecule has 1 aliphatic rings. The smallest absolute Gasteiger partial charge is 0.303 e. The highest BCUT2D eigenvalue weighted by atomic mass is 16.4. The lowest BCUT2D eigenvalue weighted by molar-refractivity contribution is -0.138. The van der Waals surface area contributed by atoms with Crippen molar-refractivity contribution in [1.82, 2.24) is 4.90 Å². The maximum atomic E-state index is 11.3. The molecule has 0 amide bonds. The van der Waals surface area contributed by atoms with E-state index in [1.54, 1.807) is 12.1 Å². The molecule has 1 aliphatic heterocycles. The number of terminal acetylenes is 1. The molecule has 142 valence electrons. The second-order valence-electron chi connectivity index (χ2n) is 7.21. The standard InChI is InChI=1S/C22H22N4O2/c1-2-16-3-7-19(8-4-16)20-11-18(12-22(27)28)14-26(15-20)13-17-5-9-21(10-6-17)24-25-23/h1,3-10,18,20H,11-15H2,(H,27,28). The molecule has 0 saturated carbocycles. The maximum absolute atomic E-state index is 11.3. The second kappa shape index (κ2) is 9.09. The van der Waals surface area contributed by atoms with Crippen molar-refractivity contribution in [3.05, 3.63) is 75.7 Å². The van der Waals surface area contributed by atoms with E-state index in [0.717, 1.165) is 37.2 Å². The minimum Gasteiger partial charge on any atom is -0.481 e.